The molecule has 0 bridgehead atoms. The molecule has 2 aliphatic heterocycles. The number of hydrogen-bond acceptors (Lipinski definition) is 6. The lowest BCUT2D eigenvalue weighted by atomic mass is 10.2. The van der Waals surface area contributed by atoms with Crippen LogP contribution in [0.5, 0.6) is 0 Å². The van der Waals surface area contributed by atoms with Crippen LogP contribution in [0.1, 0.15) is 31.1 Å². The third-order valence-corrected chi connectivity index (χ3v) is 4.21. The summed E-state index contributed by atoms with van der Waals surface area (Å²) in [5.41, 5.74) is 0.542. The molecule has 7 heteroatoms. The predicted molar refractivity (Wildman–Crippen MR) is 76.3 cm³/mol. The van der Waals surface area contributed by atoms with Crippen LogP contribution in [0.2, 0.25) is 0 Å². The molecule has 2 aliphatic rings. The van der Waals surface area contributed by atoms with Crippen molar-refractivity contribution in [3.8, 4) is 0 Å². The number of aliphatic hydroxyl groups is 2. The van der Waals surface area contributed by atoms with Gasteiger partial charge in [0.05, 0.1) is 12.7 Å². The van der Waals surface area contributed by atoms with Crippen molar-refractivity contribution in [1.82, 2.24) is 9.55 Å². The summed E-state index contributed by atoms with van der Waals surface area (Å²) in [7, 11) is 0. The Hall–Kier alpha value is -1.44. The van der Waals surface area contributed by atoms with Crippen LogP contribution in [0.15, 0.2) is 11.0 Å². The second-order valence-corrected chi connectivity index (χ2v) is 5.75. The van der Waals surface area contributed by atoms with E-state index < -0.39 is 18.4 Å². The van der Waals surface area contributed by atoms with Crippen LogP contribution in [-0.2, 0) is 4.74 Å². The molecule has 2 fully saturated rings. The summed E-state index contributed by atoms with van der Waals surface area (Å²) in [4.78, 5) is 18.5. The van der Waals surface area contributed by atoms with E-state index in [9.17, 15) is 9.90 Å². The lowest BCUT2D eigenvalue weighted by molar-refractivity contribution is -0.0459. The van der Waals surface area contributed by atoms with Crippen LogP contribution >= 0.6 is 0 Å². The molecule has 0 radical (unpaired) electrons. The number of anilines is 1. The Bertz CT molecular complexity index is 568. The largest absolute Gasteiger partial charge is 0.394 e. The minimum absolute atomic E-state index is 0.259. The number of ether oxygens (including phenoxy) is 1. The molecule has 116 valence electrons. The van der Waals surface area contributed by atoms with Crippen molar-refractivity contribution in [2.24, 2.45) is 0 Å². The molecule has 0 spiro atoms. The number of rotatable bonds is 3. The molecule has 3 atom stereocenters. The van der Waals surface area contributed by atoms with Gasteiger partial charge in [0.25, 0.3) is 0 Å². The van der Waals surface area contributed by atoms with Crippen molar-refractivity contribution in [1.29, 1.82) is 0 Å². The Morgan fingerprint density at radius 3 is 2.76 bits per heavy atom. The van der Waals surface area contributed by atoms with E-state index in [1.54, 1.807) is 6.20 Å². The highest BCUT2D eigenvalue weighted by Gasteiger charge is 2.35. The maximum absolute atomic E-state index is 12.2. The summed E-state index contributed by atoms with van der Waals surface area (Å²) in [5.74, 6) is 0.742. The second-order valence-electron chi connectivity index (χ2n) is 5.75. The first kappa shape index (κ1) is 14.5. The summed E-state index contributed by atoms with van der Waals surface area (Å²) in [6, 6.07) is 0. The van der Waals surface area contributed by atoms with Crippen LogP contribution in [0, 0.1) is 6.92 Å². The van der Waals surface area contributed by atoms with Crippen LogP contribution in [0.25, 0.3) is 0 Å². The van der Waals surface area contributed by atoms with Crippen molar-refractivity contribution < 1.29 is 14.9 Å². The van der Waals surface area contributed by atoms with Crippen molar-refractivity contribution in [2.75, 3.05) is 24.6 Å². The molecule has 0 amide bonds. The molecule has 21 heavy (non-hydrogen) atoms. The Morgan fingerprint density at radius 2 is 2.14 bits per heavy atom. The molecule has 7 nitrogen and oxygen atoms in total. The summed E-state index contributed by atoms with van der Waals surface area (Å²) in [6.45, 7) is 3.53. The van der Waals surface area contributed by atoms with Gasteiger partial charge in [0.2, 0.25) is 0 Å². The lowest BCUT2D eigenvalue weighted by Gasteiger charge is -2.21. The van der Waals surface area contributed by atoms with Gasteiger partial charge >= 0.3 is 5.69 Å². The van der Waals surface area contributed by atoms with Crippen molar-refractivity contribution in [3.63, 3.8) is 0 Å². The first-order valence-electron chi connectivity index (χ1n) is 7.39. The van der Waals surface area contributed by atoms with Crippen molar-refractivity contribution in [2.45, 2.75) is 44.6 Å². The second kappa shape index (κ2) is 5.75. The van der Waals surface area contributed by atoms with E-state index in [2.05, 4.69) is 9.88 Å². The van der Waals surface area contributed by atoms with E-state index in [4.69, 9.17) is 9.84 Å². The topological polar surface area (TPSA) is 87.8 Å². The molecule has 0 unspecified atom stereocenters. The van der Waals surface area contributed by atoms with Crippen LogP contribution in [0.4, 0.5) is 5.82 Å². The molecule has 0 saturated carbocycles. The minimum atomic E-state index is -0.759. The third kappa shape index (κ3) is 2.68. The van der Waals surface area contributed by atoms with Gasteiger partial charge in [-0.15, -0.1) is 0 Å². The normalized spacial score (nSPS) is 29.3. The SMILES string of the molecule is Cc1cn([C@@H]2C[C@H](O)[C@H](CO)O2)c(=O)nc1N1CCCC1. The van der Waals surface area contributed by atoms with Crippen LogP contribution < -0.4 is 10.6 Å². The maximum atomic E-state index is 12.2. The average Bonchev–Trinajstić information content (AvgIpc) is 3.10. The summed E-state index contributed by atoms with van der Waals surface area (Å²) in [6.07, 6.45) is 2.31. The van der Waals surface area contributed by atoms with Gasteiger partial charge in [-0.1, -0.05) is 0 Å². The summed E-state index contributed by atoms with van der Waals surface area (Å²) >= 11 is 0. The highest BCUT2D eigenvalue weighted by Crippen LogP contribution is 2.28. The van der Waals surface area contributed by atoms with Crippen molar-refractivity contribution >= 4 is 5.82 Å². The molecular formula is C14H21N3O4. The molecule has 1 aromatic heterocycles. The van der Waals surface area contributed by atoms with Crippen LogP contribution in [-0.4, -0.2) is 51.7 Å². The molecule has 2 saturated heterocycles. The lowest BCUT2D eigenvalue weighted by Crippen LogP contribution is -2.31. The number of hydrogen-bond donors (Lipinski definition) is 2. The highest BCUT2D eigenvalue weighted by molar-refractivity contribution is 5.45. The van der Waals surface area contributed by atoms with Gasteiger partial charge in [0.1, 0.15) is 18.1 Å². The Morgan fingerprint density at radius 1 is 1.43 bits per heavy atom. The predicted octanol–water partition coefficient (Wildman–Crippen LogP) is -0.207. The highest BCUT2D eigenvalue weighted by atomic mass is 16.5. The van der Waals surface area contributed by atoms with Gasteiger partial charge in [-0.2, -0.15) is 4.98 Å². The van der Waals surface area contributed by atoms with E-state index in [0.29, 0.717) is 0 Å². The van der Waals surface area contributed by atoms with E-state index >= 15 is 0 Å². The van der Waals surface area contributed by atoms with E-state index in [-0.39, 0.29) is 18.7 Å². The first-order valence-corrected chi connectivity index (χ1v) is 7.39. The summed E-state index contributed by atoms with van der Waals surface area (Å²) in [5, 5.41) is 18.9. The smallest absolute Gasteiger partial charge is 0.351 e. The van der Waals surface area contributed by atoms with E-state index in [0.717, 1.165) is 37.3 Å². The van der Waals surface area contributed by atoms with E-state index in [1.165, 1.54) is 4.57 Å². The average molecular weight is 295 g/mol. The standard InChI is InChI=1S/C14H21N3O4/c1-9-7-17(12-6-10(19)11(8-18)21-12)14(20)15-13(9)16-4-2-3-5-16/h7,10-12,18-19H,2-6,8H2,1H3/t10-,11-,12-/m0/s1. The quantitative estimate of drug-likeness (QED) is 0.802. The Kier molecular flexibility index (Phi) is 3.97. The van der Waals surface area contributed by atoms with Gasteiger partial charge in [-0.05, 0) is 19.8 Å². The molecule has 2 N–H and O–H groups in total. The fourth-order valence-electron chi connectivity index (χ4n) is 3.06. The number of aryl methyl sites for hydroxylation is 1. The molecule has 1 aromatic rings. The third-order valence-electron chi connectivity index (χ3n) is 4.21. The zero-order valence-electron chi connectivity index (χ0n) is 12.1. The Labute approximate surface area is 122 Å². The van der Waals surface area contributed by atoms with Gasteiger partial charge in [-0.3, -0.25) is 4.57 Å². The van der Waals surface area contributed by atoms with Gasteiger partial charge < -0.3 is 19.8 Å². The number of aliphatic hydroxyl groups excluding tert-OH is 2. The molecule has 3 rings (SSSR count). The van der Waals surface area contributed by atoms with Crippen molar-refractivity contribution in [3.05, 3.63) is 22.2 Å². The maximum Gasteiger partial charge on any atom is 0.351 e. The first-order chi connectivity index (χ1) is 10.1. The fourth-order valence-corrected chi connectivity index (χ4v) is 3.06. The van der Waals surface area contributed by atoms with Gasteiger partial charge in [0.15, 0.2) is 0 Å². The fraction of sp³-hybridized carbons (Fsp3) is 0.714. The van der Waals surface area contributed by atoms with Gasteiger partial charge in [-0.25, -0.2) is 4.79 Å². The van der Waals surface area contributed by atoms with Gasteiger partial charge in [0, 0.05) is 31.3 Å². The zero-order valence-corrected chi connectivity index (χ0v) is 12.1. The molecule has 3 heterocycles. The molecule has 0 aromatic carbocycles. The zero-order chi connectivity index (χ0) is 15.0. The summed E-state index contributed by atoms with van der Waals surface area (Å²) < 4.78 is 6.93. The number of nitrogens with zero attached hydrogens (tertiary/aromatic N) is 3. The minimum Gasteiger partial charge on any atom is -0.394 e. The monoisotopic (exact) mass is 295 g/mol. The molecule has 0 aliphatic carbocycles. The van der Waals surface area contributed by atoms with Crippen LogP contribution in [0.3, 0.4) is 0 Å². The molecular weight excluding hydrogens is 274 g/mol. The Balaban J connectivity index is 1.87. The van der Waals surface area contributed by atoms with E-state index in [1.807, 2.05) is 6.92 Å². The number of aromatic nitrogens is 2.